The Hall–Kier alpha value is -3.15. The van der Waals surface area contributed by atoms with Crippen LogP contribution in [-0.2, 0) is 16.9 Å². The molecule has 1 atom stereocenters. The minimum Gasteiger partial charge on any atom is -0.345 e. The third-order valence-electron chi connectivity index (χ3n) is 5.39. The zero-order chi connectivity index (χ0) is 20.6. The number of carbonyl (C=O) groups is 3. The number of aryl methyl sites for hydroxylation is 2. The van der Waals surface area contributed by atoms with Gasteiger partial charge in [-0.15, -0.1) is 6.58 Å². The highest BCUT2D eigenvalue weighted by Gasteiger charge is 2.49. The average Bonchev–Trinajstić information content (AvgIpc) is 3.05. The Bertz CT molecular complexity index is 972. The Labute approximate surface area is 164 Å². The maximum Gasteiger partial charge on any atom is 0.325 e. The van der Waals surface area contributed by atoms with Crippen molar-refractivity contribution < 1.29 is 14.4 Å². The molecule has 1 saturated heterocycles. The number of hydrogen-bond acceptors (Lipinski definition) is 3. The summed E-state index contributed by atoms with van der Waals surface area (Å²) in [4.78, 5) is 39.4. The molecule has 1 aliphatic rings. The molecule has 6 nitrogen and oxygen atoms in total. The first-order valence-electron chi connectivity index (χ1n) is 9.21. The Kier molecular flexibility index (Phi) is 4.98. The summed E-state index contributed by atoms with van der Waals surface area (Å²) in [5, 5.41) is 2.74. The van der Waals surface area contributed by atoms with Crippen LogP contribution in [0, 0.1) is 20.8 Å². The predicted octanol–water partition coefficient (Wildman–Crippen LogP) is 3.25. The minimum atomic E-state index is -1.18. The summed E-state index contributed by atoms with van der Waals surface area (Å²) in [6, 6.07) is 8.66. The smallest absolute Gasteiger partial charge is 0.325 e. The second kappa shape index (κ2) is 7.11. The number of ketones is 1. The van der Waals surface area contributed by atoms with Crippen LogP contribution in [0.2, 0.25) is 0 Å². The molecule has 6 heteroatoms. The van der Waals surface area contributed by atoms with E-state index in [2.05, 4.69) is 11.9 Å². The Morgan fingerprint density at radius 1 is 1.18 bits per heavy atom. The average molecular weight is 379 g/mol. The molecule has 2 heterocycles. The van der Waals surface area contributed by atoms with Crippen molar-refractivity contribution in [3.05, 3.63) is 71.1 Å². The van der Waals surface area contributed by atoms with Crippen LogP contribution in [0.3, 0.4) is 0 Å². The van der Waals surface area contributed by atoms with Gasteiger partial charge in [-0.1, -0.05) is 35.9 Å². The monoisotopic (exact) mass is 379 g/mol. The molecule has 146 valence electrons. The van der Waals surface area contributed by atoms with Crippen LogP contribution in [0.1, 0.15) is 39.8 Å². The van der Waals surface area contributed by atoms with Gasteiger partial charge in [0, 0.05) is 23.5 Å². The zero-order valence-corrected chi connectivity index (χ0v) is 16.7. The number of nitrogens with one attached hydrogen (secondary N) is 1. The highest BCUT2D eigenvalue weighted by molar-refractivity contribution is 6.11. The lowest BCUT2D eigenvalue weighted by atomic mass is 9.91. The molecule has 3 rings (SSSR count). The SMILES string of the molecule is C=CCn1c(C)cc(C(=O)CN2C(=O)N[C@](C)(c3ccc(C)cc3)C2=O)c1C. The topological polar surface area (TPSA) is 71.4 Å². The van der Waals surface area contributed by atoms with Crippen LogP contribution < -0.4 is 5.32 Å². The van der Waals surface area contributed by atoms with Gasteiger partial charge in [-0.3, -0.25) is 14.5 Å². The first-order chi connectivity index (χ1) is 13.2. The van der Waals surface area contributed by atoms with Gasteiger partial charge in [-0.05, 0) is 39.3 Å². The van der Waals surface area contributed by atoms with Crippen molar-refractivity contribution in [3.8, 4) is 0 Å². The molecule has 0 bridgehead atoms. The van der Waals surface area contributed by atoms with Gasteiger partial charge < -0.3 is 9.88 Å². The molecule has 2 aromatic rings. The molecule has 0 spiro atoms. The van der Waals surface area contributed by atoms with Crippen LogP contribution in [-0.4, -0.2) is 33.7 Å². The number of benzene rings is 1. The number of urea groups is 1. The molecular weight excluding hydrogens is 354 g/mol. The molecule has 0 radical (unpaired) electrons. The number of carbonyl (C=O) groups excluding carboxylic acids is 3. The zero-order valence-electron chi connectivity index (χ0n) is 16.7. The highest BCUT2D eigenvalue weighted by Crippen LogP contribution is 2.29. The second-order valence-corrected chi connectivity index (χ2v) is 7.42. The van der Waals surface area contributed by atoms with E-state index in [4.69, 9.17) is 0 Å². The van der Waals surface area contributed by atoms with Crippen LogP contribution >= 0.6 is 0 Å². The number of Topliss-reactive ketones (excluding diaryl/α,β-unsaturated/α-hetero) is 1. The van der Waals surface area contributed by atoms with E-state index in [-0.39, 0.29) is 12.3 Å². The van der Waals surface area contributed by atoms with E-state index in [1.54, 1.807) is 19.1 Å². The van der Waals surface area contributed by atoms with Gasteiger partial charge in [0.2, 0.25) is 0 Å². The summed E-state index contributed by atoms with van der Waals surface area (Å²) < 4.78 is 1.97. The number of hydrogen-bond donors (Lipinski definition) is 1. The molecular formula is C22H25N3O3. The van der Waals surface area contributed by atoms with Crippen molar-refractivity contribution in [1.82, 2.24) is 14.8 Å². The van der Waals surface area contributed by atoms with Crippen molar-refractivity contribution in [2.45, 2.75) is 39.8 Å². The van der Waals surface area contributed by atoms with E-state index in [1.807, 2.05) is 49.6 Å². The van der Waals surface area contributed by atoms with E-state index in [0.29, 0.717) is 17.7 Å². The van der Waals surface area contributed by atoms with Gasteiger partial charge in [0.25, 0.3) is 5.91 Å². The van der Waals surface area contributed by atoms with Crippen LogP contribution in [0.5, 0.6) is 0 Å². The van der Waals surface area contributed by atoms with Gasteiger partial charge in [-0.2, -0.15) is 0 Å². The summed E-state index contributed by atoms with van der Waals surface area (Å²) in [6.07, 6.45) is 1.76. The summed E-state index contributed by atoms with van der Waals surface area (Å²) in [5.74, 6) is -0.685. The first kappa shape index (κ1) is 19.6. The third kappa shape index (κ3) is 3.15. The molecule has 0 aliphatic carbocycles. The van der Waals surface area contributed by atoms with Crippen molar-refractivity contribution >= 4 is 17.7 Å². The maximum atomic E-state index is 13.0. The Morgan fingerprint density at radius 3 is 2.43 bits per heavy atom. The van der Waals surface area contributed by atoms with Crippen LogP contribution in [0.25, 0.3) is 0 Å². The number of allylic oxidation sites excluding steroid dienone is 1. The molecule has 1 aromatic heterocycles. The first-order valence-corrected chi connectivity index (χ1v) is 9.21. The number of amides is 3. The van der Waals surface area contributed by atoms with E-state index in [9.17, 15) is 14.4 Å². The third-order valence-corrected chi connectivity index (χ3v) is 5.39. The fourth-order valence-corrected chi connectivity index (χ4v) is 3.65. The normalized spacial score (nSPS) is 19.1. The molecule has 0 saturated carbocycles. The van der Waals surface area contributed by atoms with Crippen LogP contribution in [0.15, 0.2) is 43.0 Å². The van der Waals surface area contributed by atoms with Crippen molar-refractivity contribution in [2.24, 2.45) is 0 Å². The van der Waals surface area contributed by atoms with E-state index < -0.39 is 17.5 Å². The summed E-state index contributed by atoms with van der Waals surface area (Å²) in [5.41, 5.74) is 2.83. The number of aromatic nitrogens is 1. The molecule has 1 N–H and O–H groups in total. The standard InChI is InChI=1S/C22H25N3O3/c1-6-11-24-15(3)12-18(16(24)4)19(26)13-25-20(27)22(5,23-21(25)28)17-9-7-14(2)8-10-17/h6-10,12H,1,11,13H2,2-5H3,(H,23,28)/t22-/m1/s1. The fourth-order valence-electron chi connectivity index (χ4n) is 3.65. The van der Waals surface area contributed by atoms with E-state index >= 15 is 0 Å². The lowest BCUT2D eigenvalue weighted by Crippen LogP contribution is -2.41. The summed E-state index contributed by atoms with van der Waals surface area (Å²) >= 11 is 0. The molecule has 1 aromatic carbocycles. The molecule has 3 amide bonds. The molecule has 1 fully saturated rings. The predicted molar refractivity (Wildman–Crippen MR) is 107 cm³/mol. The Morgan fingerprint density at radius 2 is 1.82 bits per heavy atom. The Balaban J connectivity index is 1.85. The number of imide groups is 1. The highest BCUT2D eigenvalue weighted by atomic mass is 16.2. The molecule has 0 unspecified atom stereocenters. The lowest BCUT2D eigenvalue weighted by molar-refractivity contribution is -0.130. The quantitative estimate of drug-likeness (QED) is 0.476. The second-order valence-electron chi connectivity index (χ2n) is 7.42. The molecule has 1 aliphatic heterocycles. The number of nitrogens with zero attached hydrogens (tertiary/aromatic N) is 2. The van der Waals surface area contributed by atoms with E-state index in [0.717, 1.165) is 21.9 Å². The van der Waals surface area contributed by atoms with Gasteiger partial charge in [-0.25, -0.2) is 4.79 Å². The lowest BCUT2D eigenvalue weighted by Gasteiger charge is -2.22. The minimum absolute atomic E-state index is 0.264. The largest absolute Gasteiger partial charge is 0.345 e. The van der Waals surface area contributed by atoms with Crippen LogP contribution in [0.4, 0.5) is 4.79 Å². The van der Waals surface area contributed by atoms with Gasteiger partial charge in [0.15, 0.2) is 5.78 Å². The van der Waals surface area contributed by atoms with Gasteiger partial charge >= 0.3 is 6.03 Å². The van der Waals surface area contributed by atoms with Crippen molar-refractivity contribution in [1.29, 1.82) is 0 Å². The summed E-state index contributed by atoms with van der Waals surface area (Å²) in [7, 11) is 0. The van der Waals surface area contributed by atoms with Gasteiger partial charge in [0.1, 0.15) is 5.54 Å². The number of rotatable bonds is 6. The van der Waals surface area contributed by atoms with Crippen molar-refractivity contribution in [2.75, 3.05) is 6.54 Å². The summed E-state index contributed by atoms with van der Waals surface area (Å²) in [6.45, 7) is 11.4. The fraction of sp³-hybridized carbons (Fsp3) is 0.318. The van der Waals surface area contributed by atoms with Crippen molar-refractivity contribution in [3.63, 3.8) is 0 Å². The van der Waals surface area contributed by atoms with Gasteiger partial charge in [0.05, 0.1) is 6.54 Å². The van der Waals surface area contributed by atoms with E-state index in [1.165, 1.54) is 0 Å². The molecule has 28 heavy (non-hydrogen) atoms. The maximum absolute atomic E-state index is 13.0.